The third kappa shape index (κ3) is 5.93. The van der Waals surface area contributed by atoms with Crippen molar-refractivity contribution in [2.24, 2.45) is 5.73 Å². The van der Waals surface area contributed by atoms with Gasteiger partial charge in [0.15, 0.2) is 0 Å². The molecule has 0 radical (unpaired) electrons. The number of nitrogens with zero attached hydrogens (tertiary/aromatic N) is 1. The van der Waals surface area contributed by atoms with Crippen molar-refractivity contribution in [3.8, 4) is 0 Å². The summed E-state index contributed by atoms with van der Waals surface area (Å²) in [6.07, 6.45) is 0.996. The highest BCUT2D eigenvalue weighted by atomic mass is 32.2. The average Bonchev–Trinajstić information content (AvgIpc) is 2.14. The Bertz CT molecular complexity index is 138. The van der Waals surface area contributed by atoms with E-state index in [1.807, 2.05) is 18.7 Å². The van der Waals surface area contributed by atoms with Crippen LogP contribution >= 0.6 is 11.8 Å². The van der Waals surface area contributed by atoms with Crippen LogP contribution in [0.2, 0.25) is 0 Å². The minimum atomic E-state index is 0.243. The molecule has 0 heterocycles. The fourth-order valence-electron chi connectivity index (χ4n) is 1.01. The highest BCUT2D eigenvalue weighted by Gasteiger charge is 2.08. The van der Waals surface area contributed by atoms with E-state index in [1.165, 1.54) is 0 Å². The molecule has 0 saturated heterocycles. The molecule has 0 aliphatic rings. The summed E-state index contributed by atoms with van der Waals surface area (Å²) in [6, 6.07) is 0. The Morgan fingerprint density at radius 2 is 2.00 bits per heavy atom. The number of carbonyl (C=O) groups is 1. The van der Waals surface area contributed by atoms with E-state index in [4.69, 9.17) is 5.73 Å². The zero-order valence-electron chi connectivity index (χ0n) is 8.58. The first-order chi connectivity index (χ1) is 6.26. The molecular formula is C9H20N2OS. The summed E-state index contributed by atoms with van der Waals surface area (Å²) in [6.45, 7) is 6.35. The second-order valence-electron chi connectivity index (χ2n) is 2.76. The molecule has 2 N–H and O–H groups in total. The Hall–Kier alpha value is -0.220. The summed E-state index contributed by atoms with van der Waals surface area (Å²) >= 11 is 1.67. The summed E-state index contributed by atoms with van der Waals surface area (Å²) in [5.74, 6) is 1.83. The van der Waals surface area contributed by atoms with Crippen molar-refractivity contribution in [1.29, 1.82) is 0 Å². The smallest absolute Gasteiger partial charge is 0.232 e. The SMILES string of the molecule is CCN(CC)C(=O)CSCCCN. The van der Waals surface area contributed by atoms with Gasteiger partial charge in [-0.25, -0.2) is 0 Å². The third-order valence-electron chi connectivity index (χ3n) is 1.83. The van der Waals surface area contributed by atoms with Crippen LogP contribution < -0.4 is 5.73 Å². The Kier molecular flexibility index (Phi) is 8.24. The molecule has 0 rings (SSSR count). The maximum atomic E-state index is 11.4. The Morgan fingerprint density at radius 3 is 2.46 bits per heavy atom. The number of hydrogen-bond donors (Lipinski definition) is 1. The van der Waals surface area contributed by atoms with E-state index in [0.717, 1.165) is 25.3 Å². The number of nitrogens with two attached hydrogens (primary N) is 1. The van der Waals surface area contributed by atoms with Crippen LogP contribution in [0.1, 0.15) is 20.3 Å². The first-order valence-electron chi connectivity index (χ1n) is 4.81. The number of hydrogen-bond acceptors (Lipinski definition) is 3. The lowest BCUT2D eigenvalue weighted by atomic mass is 10.5. The standard InChI is InChI=1S/C9H20N2OS/c1-3-11(4-2)9(12)8-13-7-5-6-10/h3-8,10H2,1-2H3. The molecule has 78 valence electrons. The lowest BCUT2D eigenvalue weighted by Gasteiger charge is -2.17. The predicted molar refractivity (Wildman–Crippen MR) is 58.9 cm³/mol. The van der Waals surface area contributed by atoms with Crippen LogP contribution in [-0.2, 0) is 4.79 Å². The first-order valence-corrected chi connectivity index (χ1v) is 5.97. The Labute approximate surface area is 85.0 Å². The molecule has 1 amide bonds. The van der Waals surface area contributed by atoms with E-state index in [1.54, 1.807) is 11.8 Å². The minimum absolute atomic E-state index is 0.243. The monoisotopic (exact) mass is 204 g/mol. The van der Waals surface area contributed by atoms with Gasteiger partial charge in [-0.05, 0) is 32.6 Å². The molecule has 4 heteroatoms. The van der Waals surface area contributed by atoms with Crippen LogP contribution in [-0.4, -0.2) is 41.9 Å². The summed E-state index contributed by atoms with van der Waals surface area (Å²) in [4.78, 5) is 13.3. The van der Waals surface area contributed by atoms with Gasteiger partial charge in [-0.2, -0.15) is 11.8 Å². The van der Waals surface area contributed by atoms with Gasteiger partial charge in [-0.15, -0.1) is 0 Å². The molecule has 0 bridgehead atoms. The van der Waals surface area contributed by atoms with Gasteiger partial charge in [0.05, 0.1) is 5.75 Å². The van der Waals surface area contributed by atoms with Crippen molar-refractivity contribution in [3.63, 3.8) is 0 Å². The fraction of sp³-hybridized carbons (Fsp3) is 0.889. The summed E-state index contributed by atoms with van der Waals surface area (Å²) < 4.78 is 0. The molecule has 0 fully saturated rings. The maximum Gasteiger partial charge on any atom is 0.232 e. The number of thioether (sulfide) groups is 1. The molecule has 0 aromatic carbocycles. The predicted octanol–water partition coefficient (Wildman–Crippen LogP) is 0.937. The van der Waals surface area contributed by atoms with Crippen molar-refractivity contribution >= 4 is 17.7 Å². The van der Waals surface area contributed by atoms with Gasteiger partial charge in [0, 0.05) is 13.1 Å². The van der Waals surface area contributed by atoms with Gasteiger partial charge in [0.2, 0.25) is 5.91 Å². The average molecular weight is 204 g/mol. The normalized spacial score (nSPS) is 10.1. The number of rotatable bonds is 7. The molecule has 0 unspecified atom stereocenters. The quantitative estimate of drug-likeness (QED) is 0.628. The molecule has 0 spiro atoms. The number of amides is 1. The molecule has 0 aliphatic carbocycles. The molecule has 0 aromatic heterocycles. The van der Waals surface area contributed by atoms with E-state index in [-0.39, 0.29) is 5.91 Å². The van der Waals surface area contributed by atoms with Crippen LogP contribution in [0.4, 0.5) is 0 Å². The largest absolute Gasteiger partial charge is 0.343 e. The van der Waals surface area contributed by atoms with E-state index in [0.29, 0.717) is 12.3 Å². The maximum absolute atomic E-state index is 11.4. The van der Waals surface area contributed by atoms with Gasteiger partial charge < -0.3 is 10.6 Å². The Morgan fingerprint density at radius 1 is 1.38 bits per heavy atom. The van der Waals surface area contributed by atoms with Crippen molar-refractivity contribution in [2.75, 3.05) is 31.1 Å². The van der Waals surface area contributed by atoms with Crippen LogP contribution in [0.15, 0.2) is 0 Å². The highest BCUT2D eigenvalue weighted by Crippen LogP contribution is 2.03. The highest BCUT2D eigenvalue weighted by molar-refractivity contribution is 7.99. The summed E-state index contributed by atoms with van der Waals surface area (Å²) in [7, 11) is 0. The zero-order chi connectivity index (χ0) is 10.1. The van der Waals surface area contributed by atoms with Crippen LogP contribution in [0.3, 0.4) is 0 Å². The minimum Gasteiger partial charge on any atom is -0.343 e. The first kappa shape index (κ1) is 12.8. The van der Waals surface area contributed by atoms with E-state index < -0.39 is 0 Å². The Balaban J connectivity index is 3.48. The van der Waals surface area contributed by atoms with E-state index in [9.17, 15) is 4.79 Å². The van der Waals surface area contributed by atoms with Gasteiger partial charge in [-0.1, -0.05) is 0 Å². The lowest BCUT2D eigenvalue weighted by Crippen LogP contribution is -2.32. The second kappa shape index (κ2) is 8.38. The second-order valence-corrected chi connectivity index (χ2v) is 3.87. The van der Waals surface area contributed by atoms with E-state index >= 15 is 0 Å². The van der Waals surface area contributed by atoms with E-state index in [2.05, 4.69) is 0 Å². The third-order valence-corrected chi connectivity index (χ3v) is 2.86. The molecule has 0 atom stereocenters. The summed E-state index contributed by atoms with van der Waals surface area (Å²) in [5.41, 5.74) is 5.35. The van der Waals surface area contributed by atoms with Crippen LogP contribution in [0, 0.1) is 0 Å². The van der Waals surface area contributed by atoms with Crippen LogP contribution in [0.25, 0.3) is 0 Å². The van der Waals surface area contributed by atoms with Crippen molar-refractivity contribution in [2.45, 2.75) is 20.3 Å². The number of carbonyl (C=O) groups excluding carboxylic acids is 1. The lowest BCUT2D eigenvalue weighted by molar-refractivity contribution is -0.127. The molecular weight excluding hydrogens is 184 g/mol. The topological polar surface area (TPSA) is 46.3 Å². The molecule has 0 aliphatic heterocycles. The van der Waals surface area contributed by atoms with Crippen molar-refractivity contribution in [1.82, 2.24) is 4.90 Å². The van der Waals surface area contributed by atoms with Crippen LogP contribution in [0.5, 0.6) is 0 Å². The van der Waals surface area contributed by atoms with Gasteiger partial charge in [0.1, 0.15) is 0 Å². The van der Waals surface area contributed by atoms with Crippen molar-refractivity contribution < 1.29 is 4.79 Å². The molecule has 0 saturated carbocycles. The molecule has 13 heavy (non-hydrogen) atoms. The van der Waals surface area contributed by atoms with Gasteiger partial charge in [0.25, 0.3) is 0 Å². The van der Waals surface area contributed by atoms with Crippen molar-refractivity contribution in [3.05, 3.63) is 0 Å². The van der Waals surface area contributed by atoms with Gasteiger partial charge >= 0.3 is 0 Å². The zero-order valence-corrected chi connectivity index (χ0v) is 9.40. The molecule has 3 nitrogen and oxygen atoms in total. The fourth-order valence-corrected chi connectivity index (χ4v) is 1.88. The molecule has 0 aromatic rings. The summed E-state index contributed by atoms with van der Waals surface area (Å²) in [5, 5.41) is 0. The van der Waals surface area contributed by atoms with Gasteiger partial charge in [-0.3, -0.25) is 4.79 Å².